The number of allylic oxidation sites excluding steroid dienone is 12. The molecule has 0 aromatic rings. The topological polar surface area (TPSA) is 78.9 Å². The Kier molecular flexibility index (Phi) is 67.6. The van der Waals surface area contributed by atoms with Gasteiger partial charge in [-0.2, -0.15) is 0 Å². The van der Waals surface area contributed by atoms with Crippen molar-refractivity contribution < 1.29 is 28.6 Å². The van der Waals surface area contributed by atoms with Gasteiger partial charge in [-0.15, -0.1) is 0 Å². The minimum absolute atomic E-state index is 0.0711. The summed E-state index contributed by atoms with van der Waals surface area (Å²) in [7, 11) is 0. The second-order valence-corrected chi connectivity index (χ2v) is 24.1. The number of esters is 3. The van der Waals surface area contributed by atoms with Gasteiger partial charge < -0.3 is 14.2 Å². The van der Waals surface area contributed by atoms with E-state index in [4.69, 9.17) is 14.2 Å². The summed E-state index contributed by atoms with van der Waals surface area (Å²) in [6.45, 7) is 6.57. The number of ether oxygens (including phenoxy) is 3. The second kappa shape index (κ2) is 70.3. The molecule has 0 amide bonds. The van der Waals surface area contributed by atoms with Gasteiger partial charge in [0.1, 0.15) is 13.2 Å². The first-order valence-electron chi connectivity index (χ1n) is 35.9. The molecule has 82 heavy (non-hydrogen) atoms. The van der Waals surface area contributed by atoms with E-state index in [2.05, 4.69) is 93.7 Å². The van der Waals surface area contributed by atoms with Gasteiger partial charge >= 0.3 is 17.9 Å². The molecule has 6 heteroatoms. The Morgan fingerprint density at radius 3 is 0.744 bits per heavy atom. The van der Waals surface area contributed by atoms with Crippen LogP contribution >= 0.6 is 0 Å². The first-order valence-corrected chi connectivity index (χ1v) is 35.9. The van der Waals surface area contributed by atoms with Crippen molar-refractivity contribution in [1.29, 1.82) is 0 Å². The van der Waals surface area contributed by atoms with Gasteiger partial charge in [0.05, 0.1) is 0 Å². The van der Waals surface area contributed by atoms with Crippen molar-refractivity contribution in [3.05, 3.63) is 72.9 Å². The standard InChI is InChI=1S/C76H136O6/c1-4-7-10-13-16-19-22-25-27-29-31-33-34-35-36-37-38-39-40-41-42-44-45-47-49-51-54-57-60-63-66-69-75(78)81-72-73(71-80-74(77)68-65-62-59-56-53-24-21-18-15-12-9-6-3)82-76(79)70-67-64-61-58-55-52-50-48-46-43-32-30-28-26-23-20-17-14-11-8-5-2/h7,10,16,19,23,25-27,30-33,73H,4-6,8-9,11-15,17-18,20-22,24,28-29,34-72H2,1-3H3/b10-7-,19-16-,26-23-,27-25-,32-30-,33-31-. The molecule has 0 radical (unpaired) electrons. The maximum Gasteiger partial charge on any atom is 0.306 e. The summed E-state index contributed by atoms with van der Waals surface area (Å²) in [5.74, 6) is -0.852. The van der Waals surface area contributed by atoms with E-state index < -0.39 is 6.10 Å². The van der Waals surface area contributed by atoms with Gasteiger partial charge in [-0.1, -0.05) is 338 Å². The van der Waals surface area contributed by atoms with Crippen LogP contribution in [0.15, 0.2) is 72.9 Å². The van der Waals surface area contributed by atoms with Gasteiger partial charge in [-0.05, 0) is 89.9 Å². The molecule has 0 aromatic heterocycles. The second-order valence-electron chi connectivity index (χ2n) is 24.1. The highest BCUT2D eigenvalue weighted by atomic mass is 16.6. The van der Waals surface area contributed by atoms with Gasteiger partial charge in [0, 0.05) is 19.3 Å². The van der Waals surface area contributed by atoms with Crippen molar-refractivity contribution in [2.24, 2.45) is 0 Å². The van der Waals surface area contributed by atoms with Crippen molar-refractivity contribution in [2.45, 2.75) is 380 Å². The molecule has 476 valence electrons. The Labute approximate surface area is 510 Å². The number of hydrogen-bond donors (Lipinski definition) is 0. The van der Waals surface area contributed by atoms with Gasteiger partial charge in [0.15, 0.2) is 6.10 Å². The lowest BCUT2D eigenvalue weighted by molar-refractivity contribution is -0.167. The van der Waals surface area contributed by atoms with Crippen molar-refractivity contribution >= 4 is 17.9 Å². The molecule has 0 aromatic carbocycles. The molecular formula is C76H136O6. The lowest BCUT2D eigenvalue weighted by atomic mass is 10.0. The zero-order valence-electron chi connectivity index (χ0n) is 54.8. The fourth-order valence-corrected chi connectivity index (χ4v) is 10.6. The Hall–Kier alpha value is -3.15. The average Bonchev–Trinajstić information content (AvgIpc) is 3.47. The smallest absolute Gasteiger partial charge is 0.306 e. The zero-order chi connectivity index (χ0) is 59.2. The number of unbranched alkanes of at least 4 members (excludes halogenated alkanes) is 43. The third kappa shape index (κ3) is 67.6. The average molecular weight is 1150 g/mol. The Morgan fingerprint density at radius 1 is 0.256 bits per heavy atom. The summed E-state index contributed by atoms with van der Waals surface area (Å²) >= 11 is 0. The Morgan fingerprint density at radius 2 is 0.476 bits per heavy atom. The third-order valence-electron chi connectivity index (χ3n) is 15.9. The lowest BCUT2D eigenvalue weighted by Gasteiger charge is -2.18. The van der Waals surface area contributed by atoms with E-state index in [0.29, 0.717) is 19.3 Å². The predicted molar refractivity (Wildman–Crippen MR) is 358 cm³/mol. The molecule has 1 unspecified atom stereocenters. The van der Waals surface area contributed by atoms with E-state index in [-0.39, 0.29) is 31.1 Å². The van der Waals surface area contributed by atoms with Crippen molar-refractivity contribution in [3.63, 3.8) is 0 Å². The highest BCUT2D eigenvalue weighted by Crippen LogP contribution is 2.18. The number of carbonyl (C=O) groups is 3. The molecule has 0 aliphatic rings. The van der Waals surface area contributed by atoms with Crippen molar-refractivity contribution in [2.75, 3.05) is 13.2 Å². The van der Waals surface area contributed by atoms with Crippen LogP contribution in [0, 0.1) is 0 Å². The quantitative estimate of drug-likeness (QED) is 0.0261. The highest BCUT2D eigenvalue weighted by molar-refractivity contribution is 5.71. The van der Waals surface area contributed by atoms with Crippen LogP contribution in [0.5, 0.6) is 0 Å². The van der Waals surface area contributed by atoms with Crippen molar-refractivity contribution in [3.8, 4) is 0 Å². The van der Waals surface area contributed by atoms with Crippen LogP contribution in [0.4, 0.5) is 0 Å². The molecular weight excluding hydrogens is 1010 g/mol. The summed E-state index contributed by atoms with van der Waals surface area (Å²) in [6, 6.07) is 0. The lowest BCUT2D eigenvalue weighted by Crippen LogP contribution is -2.30. The van der Waals surface area contributed by atoms with E-state index >= 15 is 0 Å². The first kappa shape index (κ1) is 78.8. The summed E-state index contributed by atoms with van der Waals surface area (Å²) < 4.78 is 17.0. The predicted octanol–water partition coefficient (Wildman–Crippen LogP) is 24.8. The minimum Gasteiger partial charge on any atom is -0.462 e. The highest BCUT2D eigenvalue weighted by Gasteiger charge is 2.19. The summed E-state index contributed by atoms with van der Waals surface area (Å²) in [5.41, 5.74) is 0. The number of carbonyl (C=O) groups excluding carboxylic acids is 3. The van der Waals surface area contributed by atoms with Crippen LogP contribution in [0.1, 0.15) is 374 Å². The molecule has 0 rings (SSSR count). The molecule has 0 aliphatic heterocycles. The maximum absolute atomic E-state index is 12.9. The molecule has 0 spiro atoms. The zero-order valence-corrected chi connectivity index (χ0v) is 54.8. The molecule has 0 bridgehead atoms. The van der Waals surface area contributed by atoms with E-state index in [9.17, 15) is 14.4 Å². The normalized spacial score (nSPS) is 12.5. The van der Waals surface area contributed by atoms with Crippen LogP contribution in [-0.4, -0.2) is 37.2 Å². The minimum atomic E-state index is -0.775. The van der Waals surface area contributed by atoms with E-state index in [1.165, 1.54) is 244 Å². The summed E-state index contributed by atoms with van der Waals surface area (Å²) in [6.07, 6.45) is 92.2. The van der Waals surface area contributed by atoms with Crippen LogP contribution in [0.25, 0.3) is 0 Å². The van der Waals surface area contributed by atoms with Gasteiger partial charge in [-0.25, -0.2) is 0 Å². The van der Waals surface area contributed by atoms with E-state index in [1.807, 2.05) is 0 Å². The first-order chi connectivity index (χ1) is 40.5. The summed E-state index contributed by atoms with van der Waals surface area (Å²) in [4.78, 5) is 38.4. The Bertz CT molecular complexity index is 1500. The fourth-order valence-electron chi connectivity index (χ4n) is 10.6. The maximum atomic E-state index is 12.9. The molecule has 0 aliphatic carbocycles. The van der Waals surface area contributed by atoms with Gasteiger partial charge in [-0.3, -0.25) is 14.4 Å². The number of rotatable bonds is 66. The monoisotopic (exact) mass is 1150 g/mol. The SMILES string of the molecule is CC/C=C\C/C=C\C/C=C\C/C=C\CCCCCCCCCCCCCCCCCCCCC(=O)OCC(COC(=O)CCCCCCCCCCCCCC)OC(=O)CCCCCCCCCCC/C=C\C/C=C\CCCCCCC. The van der Waals surface area contributed by atoms with Gasteiger partial charge in [0.25, 0.3) is 0 Å². The molecule has 6 nitrogen and oxygen atoms in total. The van der Waals surface area contributed by atoms with Crippen LogP contribution < -0.4 is 0 Å². The van der Waals surface area contributed by atoms with Crippen LogP contribution in [0.2, 0.25) is 0 Å². The Balaban J connectivity index is 4.18. The van der Waals surface area contributed by atoms with Crippen LogP contribution in [-0.2, 0) is 28.6 Å². The largest absolute Gasteiger partial charge is 0.462 e. The molecule has 0 saturated carbocycles. The molecule has 0 N–H and O–H groups in total. The third-order valence-corrected chi connectivity index (χ3v) is 15.9. The van der Waals surface area contributed by atoms with E-state index in [0.717, 1.165) is 89.9 Å². The molecule has 1 atom stereocenters. The number of hydrogen-bond acceptors (Lipinski definition) is 6. The van der Waals surface area contributed by atoms with E-state index in [1.54, 1.807) is 0 Å². The molecule has 0 heterocycles. The summed E-state index contributed by atoms with van der Waals surface area (Å²) in [5, 5.41) is 0. The molecule has 0 saturated heterocycles. The fraction of sp³-hybridized carbons (Fsp3) is 0.803. The molecule has 0 fully saturated rings. The van der Waals surface area contributed by atoms with Gasteiger partial charge in [0.2, 0.25) is 0 Å². The van der Waals surface area contributed by atoms with Crippen molar-refractivity contribution in [1.82, 2.24) is 0 Å². The van der Waals surface area contributed by atoms with Crippen LogP contribution in [0.3, 0.4) is 0 Å².